The van der Waals surface area contributed by atoms with E-state index in [1.54, 1.807) is 17.9 Å². The number of allylic oxidation sites excluding steroid dienone is 2. The van der Waals surface area contributed by atoms with E-state index in [9.17, 15) is 9.59 Å². The van der Waals surface area contributed by atoms with E-state index in [2.05, 4.69) is 0 Å². The Morgan fingerprint density at radius 1 is 1.31 bits per heavy atom. The maximum atomic E-state index is 11.5. The molecule has 0 unspecified atom stereocenters. The average molecular weight is 221 g/mol. The van der Waals surface area contributed by atoms with Crippen LogP contribution in [0.5, 0.6) is 0 Å². The number of amides is 1. The maximum Gasteiger partial charge on any atom is 0.251 e. The molecule has 0 bridgehead atoms. The zero-order valence-corrected chi connectivity index (χ0v) is 10.0. The first-order valence-electron chi connectivity index (χ1n) is 5.80. The van der Waals surface area contributed by atoms with Crippen LogP contribution in [0.1, 0.15) is 39.5 Å². The summed E-state index contributed by atoms with van der Waals surface area (Å²) in [6.07, 6.45) is 8.93. The molecule has 0 N–H and O–H groups in total. The summed E-state index contributed by atoms with van der Waals surface area (Å²) in [5.41, 5.74) is 0.983. The van der Waals surface area contributed by atoms with Crippen LogP contribution in [0, 0.1) is 0 Å². The van der Waals surface area contributed by atoms with Gasteiger partial charge in [0.05, 0.1) is 0 Å². The Kier molecular flexibility index (Phi) is 4.96. The van der Waals surface area contributed by atoms with Crippen LogP contribution in [0.25, 0.3) is 0 Å². The predicted octanol–water partition coefficient (Wildman–Crippen LogP) is 2.44. The molecule has 1 amide bonds. The van der Waals surface area contributed by atoms with Crippen molar-refractivity contribution in [3.63, 3.8) is 0 Å². The van der Waals surface area contributed by atoms with Crippen molar-refractivity contribution in [1.29, 1.82) is 0 Å². The number of carbonyl (C=O) groups excluding carboxylic acids is 2. The summed E-state index contributed by atoms with van der Waals surface area (Å²) < 4.78 is 0. The standard InChI is InChI=1S/C13H19NO2/c1-3-12-8-9-13(16)14(12)10-6-4-5-7-11(2)15/h3,8-9H,4-7,10H2,1-2H3/b12-3-. The first-order chi connectivity index (χ1) is 7.65. The fraction of sp³-hybridized carbons (Fsp3) is 0.538. The highest BCUT2D eigenvalue weighted by Crippen LogP contribution is 2.16. The summed E-state index contributed by atoms with van der Waals surface area (Å²) in [7, 11) is 0. The largest absolute Gasteiger partial charge is 0.309 e. The van der Waals surface area contributed by atoms with E-state index >= 15 is 0 Å². The van der Waals surface area contributed by atoms with Crippen LogP contribution in [0.4, 0.5) is 0 Å². The third-order valence-electron chi connectivity index (χ3n) is 2.68. The van der Waals surface area contributed by atoms with Crippen molar-refractivity contribution >= 4 is 11.7 Å². The molecule has 1 aliphatic rings. The molecule has 0 aliphatic carbocycles. The second kappa shape index (κ2) is 6.26. The Morgan fingerprint density at radius 3 is 2.69 bits per heavy atom. The zero-order valence-electron chi connectivity index (χ0n) is 10.0. The second-order valence-corrected chi connectivity index (χ2v) is 4.05. The third-order valence-corrected chi connectivity index (χ3v) is 2.68. The molecule has 0 aromatic carbocycles. The minimum Gasteiger partial charge on any atom is -0.309 e. The van der Waals surface area contributed by atoms with E-state index in [1.807, 2.05) is 19.1 Å². The molecule has 0 saturated heterocycles. The van der Waals surface area contributed by atoms with E-state index < -0.39 is 0 Å². The Balaban J connectivity index is 2.23. The molecule has 3 heteroatoms. The van der Waals surface area contributed by atoms with Crippen molar-refractivity contribution in [2.45, 2.75) is 39.5 Å². The molecule has 1 heterocycles. The minimum absolute atomic E-state index is 0.0691. The summed E-state index contributed by atoms with van der Waals surface area (Å²) in [5, 5.41) is 0. The van der Waals surface area contributed by atoms with Crippen LogP contribution < -0.4 is 0 Å². The molecule has 1 aliphatic heterocycles. The lowest BCUT2D eigenvalue weighted by Gasteiger charge is -2.17. The summed E-state index contributed by atoms with van der Waals surface area (Å²) in [4.78, 5) is 24.0. The number of Topliss-reactive ketones (excluding diaryl/α,β-unsaturated/α-hetero) is 1. The van der Waals surface area contributed by atoms with E-state index in [4.69, 9.17) is 0 Å². The van der Waals surface area contributed by atoms with Crippen molar-refractivity contribution in [2.24, 2.45) is 0 Å². The molecule has 0 aromatic heterocycles. The molecule has 88 valence electrons. The third kappa shape index (κ3) is 3.65. The van der Waals surface area contributed by atoms with Gasteiger partial charge in [-0.25, -0.2) is 0 Å². The Hall–Kier alpha value is -1.38. The second-order valence-electron chi connectivity index (χ2n) is 4.05. The van der Waals surface area contributed by atoms with Gasteiger partial charge in [-0.3, -0.25) is 4.79 Å². The lowest BCUT2D eigenvalue weighted by Crippen LogP contribution is -2.25. The number of unbranched alkanes of at least 4 members (excludes halogenated alkanes) is 2. The Labute approximate surface area is 96.8 Å². The maximum absolute atomic E-state index is 11.5. The molecule has 0 radical (unpaired) electrons. The van der Waals surface area contributed by atoms with Gasteiger partial charge in [0.25, 0.3) is 5.91 Å². The van der Waals surface area contributed by atoms with Crippen LogP contribution in [0.15, 0.2) is 23.9 Å². The zero-order chi connectivity index (χ0) is 12.0. The number of ketones is 1. The SMILES string of the molecule is C/C=C1/C=CC(=O)N1CCCCCC(C)=O. The molecule has 1 rings (SSSR count). The van der Waals surface area contributed by atoms with Crippen molar-refractivity contribution < 1.29 is 9.59 Å². The molecule has 3 nitrogen and oxygen atoms in total. The molecule has 0 fully saturated rings. The lowest BCUT2D eigenvalue weighted by molar-refractivity contribution is -0.123. The Morgan fingerprint density at radius 2 is 2.06 bits per heavy atom. The smallest absolute Gasteiger partial charge is 0.251 e. The van der Waals surface area contributed by atoms with Crippen molar-refractivity contribution in [3.8, 4) is 0 Å². The average Bonchev–Trinajstić information content (AvgIpc) is 2.59. The molecular formula is C13H19NO2. The van der Waals surface area contributed by atoms with Gasteiger partial charge in [-0.1, -0.05) is 12.5 Å². The monoisotopic (exact) mass is 221 g/mol. The summed E-state index contributed by atoms with van der Waals surface area (Å²) >= 11 is 0. The van der Waals surface area contributed by atoms with Gasteiger partial charge in [-0.2, -0.15) is 0 Å². The highest BCUT2D eigenvalue weighted by atomic mass is 16.2. The molecule has 0 atom stereocenters. The van der Waals surface area contributed by atoms with Gasteiger partial charge in [0.15, 0.2) is 0 Å². The summed E-state index contributed by atoms with van der Waals surface area (Å²) in [6, 6.07) is 0. The quantitative estimate of drug-likeness (QED) is 0.646. The van der Waals surface area contributed by atoms with E-state index in [0.29, 0.717) is 6.42 Å². The molecule has 16 heavy (non-hydrogen) atoms. The van der Waals surface area contributed by atoms with Gasteiger partial charge in [0.1, 0.15) is 5.78 Å². The fourth-order valence-corrected chi connectivity index (χ4v) is 1.78. The van der Waals surface area contributed by atoms with Crippen LogP contribution in [0.3, 0.4) is 0 Å². The summed E-state index contributed by atoms with van der Waals surface area (Å²) in [6.45, 7) is 4.30. The number of carbonyl (C=O) groups is 2. The van der Waals surface area contributed by atoms with E-state index in [-0.39, 0.29) is 11.7 Å². The van der Waals surface area contributed by atoms with Crippen molar-refractivity contribution in [1.82, 2.24) is 4.90 Å². The van der Waals surface area contributed by atoms with Crippen LogP contribution >= 0.6 is 0 Å². The fourth-order valence-electron chi connectivity index (χ4n) is 1.78. The highest BCUT2D eigenvalue weighted by Gasteiger charge is 2.18. The highest BCUT2D eigenvalue weighted by molar-refractivity contribution is 5.93. The van der Waals surface area contributed by atoms with Gasteiger partial charge in [0.2, 0.25) is 0 Å². The van der Waals surface area contributed by atoms with E-state index in [1.165, 1.54) is 0 Å². The van der Waals surface area contributed by atoms with Gasteiger partial charge >= 0.3 is 0 Å². The number of nitrogens with zero attached hydrogens (tertiary/aromatic N) is 1. The molecule has 0 aromatic rings. The van der Waals surface area contributed by atoms with Gasteiger partial charge < -0.3 is 9.69 Å². The minimum atomic E-state index is 0.0691. The first kappa shape index (κ1) is 12.7. The summed E-state index contributed by atoms with van der Waals surface area (Å²) in [5.74, 6) is 0.313. The molecule has 0 spiro atoms. The topological polar surface area (TPSA) is 37.4 Å². The Bertz CT molecular complexity index is 329. The number of rotatable bonds is 6. The molecular weight excluding hydrogens is 202 g/mol. The van der Waals surface area contributed by atoms with E-state index in [0.717, 1.165) is 31.5 Å². The number of hydrogen-bond acceptors (Lipinski definition) is 2. The van der Waals surface area contributed by atoms with Gasteiger partial charge in [0, 0.05) is 24.7 Å². The lowest BCUT2D eigenvalue weighted by atomic mass is 10.1. The van der Waals surface area contributed by atoms with Crippen LogP contribution in [-0.2, 0) is 9.59 Å². The van der Waals surface area contributed by atoms with Crippen LogP contribution in [-0.4, -0.2) is 23.1 Å². The normalized spacial score (nSPS) is 17.5. The van der Waals surface area contributed by atoms with Crippen molar-refractivity contribution in [2.75, 3.05) is 6.54 Å². The predicted molar refractivity (Wildman–Crippen MR) is 63.8 cm³/mol. The van der Waals surface area contributed by atoms with Gasteiger partial charge in [-0.05, 0) is 32.8 Å². The molecule has 0 saturated carbocycles. The first-order valence-corrected chi connectivity index (χ1v) is 5.80. The van der Waals surface area contributed by atoms with Crippen LogP contribution in [0.2, 0.25) is 0 Å². The van der Waals surface area contributed by atoms with Crippen molar-refractivity contribution in [3.05, 3.63) is 23.9 Å². The number of hydrogen-bond donors (Lipinski definition) is 0. The van der Waals surface area contributed by atoms with Gasteiger partial charge in [-0.15, -0.1) is 0 Å².